The molecule has 3 nitrogen and oxygen atoms in total. The number of hydrogen-bond donors (Lipinski definition) is 1. The van der Waals surface area contributed by atoms with Crippen molar-refractivity contribution < 1.29 is 5.11 Å². The summed E-state index contributed by atoms with van der Waals surface area (Å²) in [6.07, 6.45) is 1.77. The summed E-state index contributed by atoms with van der Waals surface area (Å²) in [6, 6.07) is 0.562. The number of rotatable bonds is 2. The molecule has 0 saturated carbocycles. The Kier molecular flexibility index (Phi) is 3.30. The second-order valence-corrected chi connectivity index (χ2v) is 5.63. The second kappa shape index (κ2) is 4.51. The standard InChI is InChI=1S/C9H14N2OS2/c1-7-6-13-3-2-11(7)9-10-4-8(5-12)14-9/h4,7,12H,2-3,5-6H2,1H3. The number of nitrogens with zero attached hydrogens (tertiary/aromatic N) is 2. The van der Waals surface area contributed by atoms with Gasteiger partial charge in [0.15, 0.2) is 5.13 Å². The topological polar surface area (TPSA) is 36.4 Å². The van der Waals surface area contributed by atoms with Crippen LogP contribution in [0, 0.1) is 0 Å². The van der Waals surface area contributed by atoms with Gasteiger partial charge >= 0.3 is 0 Å². The number of hydrogen-bond acceptors (Lipinski definition) is 5. The second-order valence-electron chi connectivity index (χ2n) is 3.38. The van der Waals surface area contributed by atoms with E-state index in [1.165, 1.54) is 11.5 Å². The first-order valence-electron chi connectivity index (χ1n) is 4.71. The number of aliphatic hydroxyl groups is 1. The Balaban J connectivity index is 2.12. The molecule has 0 spiro atoms. The molecule has 0 amide bonds. The number of thioether (sulfide) groups is 1. The summed E-state index contributed by atoms with van der Waals surface area (Å²) in [7, 11) is 0. The lowest BCUT2D eigenvalue weighted by Gasteiger charge is -2.32. The van der Waals surface area contributed by atoms with E-state index < -0.39 is 0 Å². The average molecular weight is 230 g/mol. The van der Waals surface area contributed by atoms with Crippen molar-refractivity contribution in [3.8, 4) is 0 Å². The Labute approximate surface area is 92.2 Å². The molecule has 1 aromatic heterocycles. The molecule has 1 saturated heterocycles. The molecule has 1 unspecified atom stereocenters. The number of anilines is 1. The Hall–Kier alpha value is -0.260. The fourth-order valence-electron chi connectivity index (χ4n) is 1.51. The largest absolute Gasteiger partial charge is 0.391 e. The van der Waals surface area contributed by atoms with Crippen molar-refractivity contribution in [1.29, 1.82) is 0 Å². The van der Waals surface area contributed by atoms with E-state index in [2.05, 4.69) is 16.8 Å². The van der Waals surface area contributed by atoms with Crippen LogP contribution in [0.3, 0.4) is 0 Å². The lowest BCUT2D eigenvalue weighted by molar-refractivity contribution is 0.285. The number of aliphatic hydroxyl groups excluding tert-OH is 1. The Morgan fingerprint density at radius 1 is 1.71 bits per heavy atom. The van der Waals surface area contributed by atoms with Gasteiger partial charge in [-0.15, -0.1) is 0 Å². The van der Waals surface area contributed by atoms with Crippen molar-refractivity contribution in [1.82, 2.24) is 4.98 Å². The molecule has 0 aromatic carbocycles. The Bertz CT molecular complexity index is 303. The molecule has 14 heavy (non-hydrogen) atoms. The fourth-order valence-corrected chi connectivity index (χ4v) is 3.43. The van der Waals surface area contributed by atoms with Crippen molar-refractivity contribution in [2.45, 2.75) is 19.6 Å². The molecule has 0 bridgehead atoms. The van der Waals surface area contributed by atoms with E-state index in [0.717, 1.165) is 16.6 Å². The molecule has 78 valence electrons. The summed E-state index contributed by atoms with van der Waals surface area (Å²) in [4.78, 5) is 7.62. The zero-order chi connectivity index (χ0) is 9.97. The predicted molar refractivity (Wildman–Crippen MR) is 62.2 cm³/mol. The lowest BCUT2D eigenvalue weighted by Crippen LogP contribution is -2.40. The Morgan fingerprint density at radius 2 is 2.57 bits per heavy atom. The number of aromatic nitrogens is 1. The molecule has 1 fully saturated rings. The van der Waals surface area contributed by atoms with Gasteiger partial charge in [0, 0.05) is 30.3 Å². The summed E-state index contributed by atoms with van der Waals surface area (Å²) < 4.78 is 0. The third kappa shape index (κ3) is 2.04. The molecule has 5 heteroatoms. The van der Waals surface area contributed by atoms with Gasteiger partial charge in [-0.3, -0.25) is 0 Å². The quantitative estimate of drug-likeness (QED) is 0.837. The summed E-state index contributed by atoms with van der Waals surface area (Å²) in [5, 5.41) is 10.0. The molecule has 2 rings (SSSR count). The Morgan fingerprint density at radius 3 is 3.21 bits per heavy atom. The highest BCUT2D eigenvalue weighted by molar-refractivity contribution is 7.99. The zero-order valence-corrected chi connectivity index (χ0v) is 9.77. The third-order valence-corrected chi connectivity index (χ3v) is 4.52. The van der Waals surface area contributed by atoms with Crippen molar-refractivity contribution in [3.05, 3.63) is 11.1 Å². The van der Waals surface area contributed by atoms with Crippen LogP contribution in [-0.4, -0.2) is 34.2 Å². The summed E-state index contributed by atoms with van der Waals surface area (Å²) in [5.74, 6) is 2.35. The van der Waals surface area contributed by atoms with E-state index in [1.54, 1.807) is 17.5 Å². The van der Waals surface area contributed by atoms with E-state index in [1.807, 2.05) is 11.8 Å². The van der Waals surface area contributed by atoms with Gasteiger partial charge in [0.1, 0.15) is 0 Å². The SMILES string of the molecule is CC1CSCCN1c1ncc(CO)s1. The van der Waals surface area contributed by atoms with E-state index >= 15 is 0 Å². The molecule has 1 aromatic rings. The van der Waals surface area contributed by atoms with Crippen LogP contribution >= 0.6 is 23.1 Å². The van der Waals surface area contributed by atoms with Gasteiger partial charge < -0.3 is 10.0 Å². The first kappa shape index (κ1) is 10.3. The van der Waals surface area contributed by atoms with E-state index in [-0.39, 0.29) is 6.61 Å². The van der Waals surface area contributed by atoms with Crippen molar-refractivity contribution >= 4 is 28.2 Å². The minimum Gasteiger partial charge on any atom is -0.391 e. The van der Waals surface area contributed by atoms with Crippen LogP contribution in [0.1, 0.15) is 11.8 Å². The molecule has 0 aliphatic carbocycles. The van der Waals surface area contributed by atoms with E-state index in [0.29, 0.717) is 6.04 Å². The van der Waals surface area contributed by atoms with Crippen LogP contribution in [0.2, 0.25) is 0 Å². The number of thiazole rings is 1. The van der Waals surface area contributed by atoms with Crippen LogP contribution in [-0.2, 0) is 6.61 Å². The monoisotopic (exact) mass is 230 g/mol. The zero-order valence-electron chi connectivity index (χ0n) is 8.14. The van der Waals surface area contributed by atoms with Crippen LogP contribution in [0.25, 0.3) is 0 Å². The van der Waals surface area contributed by atoms with Gasteiger partial charge in [-0.2, -0.15) is 11.8 Å². The lowest BCUT2D eigenvalue weighted by atomic mass is 10.3. The van der Waals surface area contributed by atoms with Crippen LogP contribution < -0.4 is 4.90 Å². The van der Waals surface area contributed by atoms with Gasteiger partial charge in [0.2, 0.25) is 0 Å². The maximum Gasteiger partial charge on any atom is 0.185 e. The van der Waals surface area contributed by atoms with Crippen LogP contribution in [0.4, 0.5) is 5.13 Å². The van der Waals surface area contributed by atoms with Gasteiger partial charge in [-0.05, 0) is 6.92 Å². The molecule has 1 atom stereocenters. The van der Waals surface area contributed by atoms with Crippen molar-refractivity contribution in [2.24, 2.45) is 0 Å². The molecular formula is C9H14N2OS2. The molecular weight excluding hydrogens is 216 g/mol. The van der Waals surface area contributed by atoms with Crippen LogP contribution in [0.15, 0.2) is 6.20 Å². The summed E-state index contributed by atoms with van der Waals surface area (Å²) in [6.45, 7) is 3.41. The van der Waals surface area contributed by atoms with Crippen LogP contribution in [0.5, 0.6) is 0 Å². The van der Waals surface area contributed by atoms with Gasteiger partial charge in [-0.1, -0.05) is 11.3 Å². The predicted octanol–water partition coefficient (Wildman–Crippen LogP) is 1.58. The molecule has 1 N–H and O–H groups in total. The minimum atomic E-state index is 0.106. The molecule has 1 aliphatic heterocycles. The van der Waals surface area contributed by atoms with Gasteiger partial charge in [-0.25, -0.2) is 4.98 Å². The normalized spacial score (nSPS) is 22.7. The molecule has 0 radical (unpaired) electrons. The highest BCUT2D eigenvalue weighted by Gasteiger charge is 2.21. The summed E-state index contributed by atoms with van der Waals surface area (Å²) in [5.41, 5.74) is 0. The minimum absolute atomic E-state index is 0.106. The highest BCUT2D eigenvalue weighted by atomic mass is 32.2. The fraction of sp³-hybridized carbons (Fsp3) is 0.667. The molecule has 1 aliphatic rings. The highest BCUT2D eigenvalue weighted by Crippen LogP contribution is 2.27. The molecule has 2 heterocycles. The summed E-state index contributed by atoms with van der Waals surface area (Å²) >= 11 is 3.60. The smallest absolute Gasteiger partial charge is 0.185 e. The first-order chi connectivity index (χ1) is 6.81. The maximum absolute atomic E-state index is 8.96. The van der Waals surface area contributed by atoms with Gasteiger partial charge in [0.25, 0.3) is 0 Å². The van der Waals surface area contributed by atoms with E-state index in [9.17, 15) is 0 Å². The van der Waals surface area contributed by atoms with Crippen molar-refractivity contribution in [3.63, 3.8) is 0 Å². The van der Waals surface area contributed by atoms with Crippen molar-refractivity contribution in [2.75, 3.05) is 23.0 Å². The third-order valence-electron chi connectivity index (χ3n) is 2.31. The first-order valence-corrected chi connectivity index (χ1v) is 6.68. The van der Waals surface area contributed by atoms with Gasteiger partial charge in [0.05, 0.1) is 11.5 Å². The van der Waals surface area contributed by atoms with E-state index in [4.69, 9.17) is 5.11 Å². The average Bonchev–Trinajstić information content (AvgIpc) is 2.67. The maximum atomic E-state index is 8.96.